The molecule has 1 fully saturated rings. The summed E-state index contributed by atoms with van der Waals surface area (Å²) in [7, 11) is 0. The highest BCUT2D eigenvalue weighted by Crippen LogP contribution is 2.33. The number of aryl methyl sites for hydroxylation is 1. The monoisotopic (exact) mass is 222 g/mol. The summed E-state index contributed by atoms with van der Waals surface area (Å²) >= 11 is 0. The van der Waals surface area contributed by atoms with Gasteiger partial charge in [-0.3, -0.25) is 0 Å². The molecule has 1 heterocycles. The number of rotatable bonds is 2. The van der Waals surface area contributed by atoms with Crippen LogP contribution in [-0.4, -0.2) is 12.6 Å². The van der Waals surface area contributed by atoms with Crippen LogP contribution in [0.25, 0.3) is 0 Å². The van der Waals surface area contributed by atoms with Crippen LogP contribution in [0, 0.1) is 12.7 Å². The minimum absolute atomic E-state index is 0.214. The van der Waals surface area contributed by atoms with E-state index < -0.39 is 0 Å². The van der Waals surface area contributed by atoms with Crippen molar-refractivity contribution in [2.75, 3.05) is 17.2 Å². The number of hydrogen-bond donors (Lipinski definition) is 1. The van der Waals surface area contributed by atoms with E-state index in [9.17, 15) is 4.39 Å². The SMILES string of the molecule is CCC1CCCN1c1cc(C)c(F)cc1N. The van der Waals surface area contributed by atoms with Gasteiger partial charge in [0.05, 0.1) is 11.4 Å². The Hall–Kier alpha value is -1.25. The third kappa shape index (κ3) is 1.86. The van der Waals surface area contributed by atoms with E-state index in [1.54, 1.807) is 6.92 Å². The van der Waals surface area contributed by atoms with Crippen LogP contribution in [0.15, 0.2) is 12.1 Å². The summed E-state index contributed by atoms with van der Waals surface area (Å²) in [5.41, 5.74) is 8.14. The molecule has 0 radical (unpaired) electrons. The van der Waals surface area contributed by atoms with Crippen LogP contribution in [0.3, 0.4) is 0 Å². The highest BCUT2D eigenvalue weighted by atomic mass is 19.1. The molecular weight excluding hydrogens is 203 g/mol. The predicted molar refractivity (Wildman–Crippen MR) is 66.2 cm³/mol. The van der Waals surface area contributed by atoms with Crippen molar-refractivity contribution in [3.8, 4) is 0 Å². The molecule has 0 amide bonds. The number of nitrogen functional groups attached to an aromatic ring is 1. The molecule has 0 aromatic heterocycles. The van der Waals surface area contributed by atoms with Crippen LogP contribution in [0.5, 0.6) is 0 Å². The smallest absolute Gasteiger partial charge is 0.128 e. The van der Waals surface area contributed by atoms with Gasteiger partial charge in [-0.1, -0.05) is 6.92 Å². The Morgan fingerprint density at radius 2 is 2.25 bits per heavy atom. The van der Waals surface area contributed by atoms with Crippen molar-refractivity contribution >= 4 is 11.4 Å². The van der Waals surface area contributed by atoms with Gasteiger partial charge < -0.3 is 10.6 Å². The van der Waals surface area contributed by atoms with Gasteiger partial charge in [-0.25, -0.2) is 4.39 Å². The molecular formula is C13H19FN2. The van der Waals surface area contributed by atoms with Gasteiger partial charge in [0.1, 0.15) is 5.82 Å². The summed E-state index contributed by atoms with van der Waals surface area (Å²) in [6.45, 7) is 5.01. The molecule has 2 N–H and O–H groups in total. The van der Waals surface area contributed by atoms with E-state index in [-0.39, 0.29) is 5.82 Å². The molecule has 1 unspecified atom stereocenters. The number of anilines is 2. The Morgan fingerprint density at radius 1 is 1.50 bits per heavy atom. The fourth-order valence-electron chi connectivity index (χ4n) is 2.51. The fraction of sp³-hybridized carbons (Fsp3) is 0.538. The maximum atomic E-state index is 13.3. The Kier molecular flexibility index (Phi) is 3.03. The third-order valence-corrected chi connectivity index (χ3v) is 3.47. The maximum absolute atomic E-state index is 13.3. The second kappa shape index (κ2) is 4.32. The highest BCUT2D eigenvalue weighted by Gasteiger charge is 2.24. The standard InChI is InChI=1S/C13H19FN2/c1-3-10-5-4-6-16(10)13-7-9(2)11(14)8-12(13)15/h7-8,10H,3-6,15H2,1-2H3. The Balaban J connectivity index is 2.36. The molecule has 0 aliphatic carbocycles. The zero-order valence-corrected chi connectivity index (χ0v) is 9.96. The van der Waals surface area contributed by atoms with Gasteiger partial charge >= 0.3 is 0 Å². The summed E-state index contributed by atoms with van der Waals surface area (Å²) in [6.07, 6.45) is 3.54. The zero-order chi connectivity index (χ0) is 11.7. The van der Waals surface area contributed by atoms with Gasteiger partial charge in [-0.2, -0.15) is 0 Å². The first-order valence-corrected chi connectivity index (χ1v) is 5.95. The molecule has 2 nitrogen and oxygen atoms in total. The summed E-state index contributed by atoms with van der Waals surface area (Å²) in [4.78, 5) is 2.32. The molecule has 2 rings (SSSR count). The van der Waals surface area contributed by atoms with Crippen molar-refractivity contribution in [2.45, 2.75) is 39.2 Å². The van der Waals surface area contributed by atoms with Crippen LogP contribution < -0.4 is 10.6 Å². The maximum Gasteiger partial charge on any atom is 0.128 e. The van der Waals surface area contributed by atoms with E-state index in [1.165, 1.54) is 18.9 Å². The quantitative estimate of drug-likeness (QED) is 0.779. The fourth-order valence-corrected chi connectivity index (χ4v) is 2.51. The van der Waals surface area contributed by atoms with Gasteiger partial charge in [-0.15, -0.1) is 0 Å². The van der Waals surface area contributed by atoms with E-state index in [2.05, 4.69) is 11.8 Å². The minimum Gasteiger partial charge on any atom is -0.397 e. The van der Waals surface area contributed by atoms with Crippen molar-refractivity contribution in [3.05, 3.63) is 23.5 Å². The number of benzene rings is 1. The Bertz CT molecular complexity index is 390. The summed E-state index contributed by atoms with van der Waals surface area (Å²) < 4.78 is 13.3. The minimum atomic E-state index is -0.214. The lowest BCUT2D eigenvalue weighted by molar-refractivity contribution is 0.616. The van der Waals surface area contributed by atoms with Crippen molar-refractivity contribution < 1.29 is 4.39 Å². The highest BCUT2D eigenvalue weighted by molar-refractivity contribution is 5.69. The second-order valence-corrected chi connectivity index (χ2v) is 4.56. The molecule has 1 aliphatic heterocycles. The molecule has 1 aromatic rings. The Morgan fingerprint density at radius 3 is 2.94 bits per heavy atom. The van der Waals surface area contributed by atoms with Gasteiger partial charge in [-0.05, 0) is 43.9 Å². The van der Waals surface area contributed by atoms with Crippen LogP contribution >= 0.6 is 0 Å². The lowest BCUT2D eigenvalue weighted by Gasteiger charge is -2.27. The van der Waals surface area contributed by atoms with E-state index in [0.29, 0.717) is 17.3 Å². The molecule has 16 heavy (non-hydrogen) atoms. The molecule has 0 spiro atoms. The van der Waals surface area contributed by atoms with Gasteiger partial charge in [0.2, 0.25) is 0 Å². The van der Waals surface area contributed by atoms with Crippen molar-refractivity contribution in [1.82, 2.24) is 0 Å². The molecule has 88 valence electrons. The number of nitrogens with zero attached hydrogens (tertiary/aromatic N) is 1. The van der Waals surface area contributed by atoms with E-state index >= 15 is 0 Å². The lowest BCUT2D eigenvalue weighted by Crippen LogP contribution is -2.29. The molecule has 0 saturated carbocycles. The largest absolute Gasteiger partial charge is 0.397 e. The molecule has 1 saturated heterocycles. The van der Waals surface area contributed by atoms with Gasteiger partial charge in [0, 0.05) is 12.6 Å². The first kappa shape index (κ1) is 11.2. The molecule has 1 aromatic carbocycles. The van der Waals surface area contributed by atoms with Crippen molar-refractivity contribution in [3.63, 3.8) is 0 Å². The predicted octanol–water partition coefficient (Wildman–Crippen LogP) is 3.10. The van der Waals surface area contributed by atoms with Crippen LogP contribution in [0.2, 0.25) is 0 Å². The Labute approximate surface area is 96.2 Å². The van der Waals surface area contributed by atoms with E-state index in [4.69, 9.17) is 5.73 Å². The average molecular weight is 222 g/mol. The topological polar surface area (TPSA) is 29.3 Å². The number of halogens is 1. The summed E-state index contributed by atoms with van der Waals surface area (Å²) in [5.74, 6) is -0.214. The van der Waals surface area contributed by atoms with Crippen molar-refractivity contribution in [1.29, 1.82) is 0 Å². The van der Waals surface area contributed by atoms with Crippen molar-refractivity contribution in [2.24, 2.45) is 0 Å². The van der Waals surface area contributed by atoms with E-state index in [1.807, 2.05) is 6.07 Å². The molecule has 1 atom stereocenters. The summed E-state index contributed by atoms with van der Waals surface area (Å²) in [5, 5.41) is 0. The zero-order valence-electron chi connectivity index (χ0n) is 9.96. The molecule has 1 aliphatic rings. The van der Waals surface area contributed by atoms with Crippen LogP contribution in [0.1, 0.15) is 31.7 Å². The van der Waals surface area contributed by atoms with Gasteiger partial charge in [0.15, 0.2) is 0 Å². The molecule has 3 heteroatoms. The average Bonchev–Trinajstić information content (AvgIpc) is 2.71. The first-order valence-electron chi connectivity index (χ1n) is 5.95. The second-order valence-electron chi connectivity index (χ2n) is 4.56. The van der Waals surface area contributed by atoms with Crippen LogP contribution in [-0.2, 0) is 0 Å². The van der Waals surface area contributed by atoms with Gasteiger partial charge in [0.25, 0.3) is 0 Å². The normalized spacial score (nSPS) is 20.4. The third-order valence-electron chi connectivity index (χ3n) is 3.47. The first-order chi connectivity index (χ1) is 7.63. The lowest BCUT2D eigenvalue weighted by atomic mass is 10.1. The number of nitrogens with two attached hydrogens (primary N) is 1. The number of hydrogen-bond acceptors (Lipinski definition) is 2. The molecule has 0 bridgehead atoms. The van der Waals surface area contributed by atoms with Crippen LogP contribution in [0.4, 0.5) is 15.8 Å². The van der Waals surface area contributed by atoms with E-state index in [0.717, 1.165) is 18.7 Å². The summed E-state index contributed by atoms with van der Waals surface area (Å²) in [6, 6.07) is 3.88.